The van der Waals surface area contributed by atoms with E-state index in [0.717, 1.165) is 11.1 Å². The molecule has 0 bridgehead atoms. The first-order chi connectivity index (χ1) is 11.0. The van der Waals surface area contributed by atoms with Gasteiger partial charge in [0.25, 0.3) is 5.91 Å². The summed E-state index contributed by atoms with van der Waals surface area (Å²) in [6.07, 6.45) is 1.91. The molecule has 2 aliphatic rings. The normalized spacial score (nSPS) is 21.7. The fourth-order valence-corrected chi connectivity index (χ4v) is 3.68. The number of halogens is 1. The van der Waals surface area contributed by atoms with Crippen LogP contribution < -0.4 is 5.32 Å². The van der Waals surface area contributed by atoms with E-state index in [-0.39, 0.29) is 11.7 Å². The van der Waals surface area contributed by atoms with E-state index in [1.54, 1.807) is 17.4 Å². The molecule has 4 rings (SSSR count). The highest BCUT2D eigenvalue weighted by molar-refractivity contribution is 7.08. The van der Waals surface area contributed by atoms with Crippen LogP contribution in [0.5, 0.6) is 0 Å². The molecule has 1 aromatic heterocycles. The fourth-order valence-electron chi connectivity index (χ4n) is 3.03. The van der Waals surface area contributed by atoms with Gasteiger partial charge in [-0.3, -0.25) is 4.79 Å². The average Bonchev–Trinajstić information content (AvgIpc) is 3.15. The lowest BCUT2D eigenvalue weighted by atomic mass is 9.94. The molecular formula is C18H14FNO2S. The van der Waals surface area contributed by atoms with E-state index in [1.165, 1.54) is 12.1 Å². The Hall–Kier alpha value is -2.40. The molecule has 2 aromatic rings. The van der Waals surface area contributed by atoms with Crippen LogP contribution in [0.4, 0.5) is 10.1 Å². The molecule has 5 heteroatoms. The Labute approximate surface area is 137 Å². The number of carbonyl (C=O) groups is 1. The second kappa shape index (κ2) is 4.80. The number of rotatable bonds is 1. The van der Waals surface area contributed by atoms with Crippen molar-refractivity contribution in [3.05, 3.63) is 63.8 Å². The number of nitrogens with one attached hydrogen (secondary N) is 1. The summed E-state index contributed by atoms with van der Waals surface area (Å²) >= 11 is 1.62. The SMILES string of the molecule is CC1(C)O/C(=C2/C(=O)Nc3cc(F)ccc32)C=C1c1ccsc1. The first-order valence-corrected chi connectivity index (χ1v) is 8.19. The molecule has 0 fully saturated rings. The molecule has 0 atom stereocenters. The van der Waals surface area contributed by atoms with Crippen molar-refractivity contribution >= 4 is 34.1 Å². The maximum Gasteiger partial charge on any atom is 0.260 e. The van der Waals surface area contributed by atoms with Gasteiger partial charge in [0.05, 0.1) is 11.3 Å². The zero-order chi connectivity index (χ0) is 16.2. The second-order valence-corrected chi connectivity index (χ2v) is 6.85. The Bertz CT molecular complexity index is 878. The van der Waals surface area contributed by atoms with E-state index in [2.05, 4.69) is 10.7 Å². The first kappa shape index (κ1) is 14.2. The van der Waals surface area contributed by atoms with Crippen LogP contribution in [0.25, 0.3) is 11.1 Å². The Morgan fingerprint density at radius 3 is 2.83 bits per heavy atom. The minimum atomic E-state index is -0.521. The standard InChI is InChI=1S/C18H14FNO2S/c1-18(2)13(10-5-6-23-9-10)8-15(22-18)16-12-4-3-11(19)7-14(12)20-17(16)21/h3-9H,1-2H3,(H,20,21)/b16-15+. The highest BCUT2D eigenvalue weighted by Gasteiger charge is 2.38. The van der Waals surface area contributed by atoms with Crippen molar-refractivity contribution in [2.45, 2.75) is 19.4 Å². The number of benzene rings is 1. The summed E-state index contributed by atoms with van der Waals surface area (Å²) in [5.41, 5.74) is 3.21. The molecule has 0 aliphatic carbocycles. The zero-order valence-electron chi connectivity index (χ0n) is 12.6. The van der Waals surface area contributed by atoms with Crippen LogP contribution in [0.2, 0.25) is 0 Å². The summed E-state index contributed by atoms with van der Waals surface area (Å²) in [6, 6.07) is 6.32. The maximum absolute atomic E-state index is 13.4. The first-order valence-electron chi connectivity index (χ1n) is 7.25. The number of hydrogen-bond donors (Lipinski definition) is 1. The zero-order valence-corrected chi connectivity index (χ0v) is 13.5. The van der Waals surface area contributed by atoms with Gasteiger partial charge >= 0.3 is 0 Å². The quantitative estimate of drug-likeness (QED) is 0.786. The van der Waals surface area contributed by atoms with Gasteiger partial charge < -0.3 is 10.1 Å². The van der Waals surface area contributed by atoms with Gasteiger partial charge in [-0.2, -0.15) is 11.3 Å². The summed E-state index contributed by atoms with van der Waals surface area (Å²) in [5.74, 6) is -0.115. The van der Waals surface area contributed by atoms with Crippen LogP contribution in [-0.4, -0.2) is 11.5 Å². The van der Waals surface area contributed by atoms with Gasteiger partial charge in [0.2, 0.25) is 0 Å². The summed E-state index contributed by atoms with van der Waals surface area (Å²) in [5, 5.41) is 6.77. The number of hydrogen-bond acceptors (Lipinski definition) is 3. The van der Waals surface area contributed by atoms with Crippen LogP contribution in [0.3, 0.4) is 0 Å². The summed E-state index contributed by atoms with van der Waals surface area (Å²) in [4.78, 5) is 12.3. The smallest absolute Gasteiger partial charge is 0.260 e. The van der Waals surface area contributed by atoms with Crippen molar-refractivity contribution in [3.63, 3.8) is 0 Å². The number of allylic oxidation sites excluding steroid dienone is 1. The van der Waals surface area contributed by atoms with Crippen LogP contribution in [0.15, 0.2) is 46.9 Å². The van der Waals surface area contributed by atoms with Crippen LogP contribution in [0.1, 0.15) is 25.0 Å². The van der Waals surface area contributed by atoms with E-state index in [4.69, 9.17) is 4.74 Å². The van der Waals surface area contributed by atoms with Gasteiger partial charge in [-0.15, -0.1) is 0 Å². The largest absolute Gasteiger partial charge is 0.482 e. The van der Waals surface area contributed by atoms with E-state index in [9.17, 15) is 9.18 Å². The van der Waals surface area contributed by atoms with E-state index in [1.807, 2.05) is 31.4 Å². The minimum Gasteiger partial charge on any atom is -0.482 e. The van der Waals surface area contributed by atoms with E-state index in [0.29, 0.717) is 22.6 Å². The number of ether oxygens (including phenoxy) is 1. The number of fused-ring (bicyclic) bond motifs is 1. The number of amides is 1. The van der Waals surface area contributed by atoms with Gasteiger partial charge in [0.15, 0.2) is 0 Å². The predicted molar refractivity (Wildman–Crippen MR) is 89.4 cm³/mol. The molecule has 0 saturated carbocycles. The molecule has 1 N–H and O–H groups in total. The summed E-state index contributed by atoms with van der Waals surface area (Å²) < 4.78 is 19.4. The third-order valence-corrected chi connectivity index (χ3v) is 4.78. The molecule has 3 nitrogen and oxygen atoms in total. The molecule has 0 unspecified atom stereocenters. The van der Waals surface area contributed by atoms with E-state index >= 15 is 0 Å². The lowest BCUT2D eigenvalue weighted by Gasteiger charge is -2.22. The Morgan fingerprint density at radius 1 is 1.26 bits per heavy atom. The number of anilines is 1. The Kier molecular flexibility index (Phi) is 2.96. The monoisotopic (exact) mass is 327 g/mol. The minimum absolute atomic E-state index is 0.265. The third kappa shape index (κ3) is 2.19. The van der Waals surface area contributed by atoms with Crippen molar-refractivity contribution in [2.24, 2.45) is 0 Å². The van der Waals surface area contributed by atoms with Gasteiger partial charge in [-0.25, -0.2) is 4.39 Å². The summed E-state index contributed by atoms with van der Waals surface area (Å²) in [7, 11) is 0. The molecule has 23 heavy (non-hydrogen) atoms. The molecule has 0 spiro atoms. The topological polar surface area (TPSA) is 38.3 Å². The molecule has 0 radical (unpaired) electrons. The third-order valence-electron chi connectivity index (χ3n) is 4.09. The van der Waals surface area contributed by atoms with Crippen molar-refractivity contribution in [1.82, 2.24) is 0 Å². The second-order valence-electron chi connectivity index (χ2n) is 6.07. The van der Waals surface area contributed by atoms with Crippen LogP contribution in [0, 0.1) is 5.82 Å². The van der Waals surface area contributed by atoms with Crippen molar-refractivity contribution in [2.75, 3.05) is 5.32 Å². The van der Waals surface area contributed by atoms with Crippen LogP contribution >= 0.6 is 11.3 Å². The van der Waals surface area contributed by atoms with Crippen LogP contribution in [-0.2, 0) is 9.53 Å². The lowest BCUT2D eigenvalue weighted by Crippen LogP contribution is -2.21. The van der Waals surface area contributed by atoms with Gasteiger partial charge in [0.1, 0.15) is 17.2 Å². The highest BCUT2D eigenvalue weighted by atomic mass is 32.1. The number of thiophene rings is 1. The average molecular weight is 327 g/mol. The molecular weight excluding hydrogens is 313 g/mol. The molecule has 2 aliphatic heterocycles. The molecule has 3 heterocycles. The van der Waals surface area contributed by atoms with Crippen molar-refractivity contribution in [3.8, 4) is 0 Å². The lowest BCUT2D eigenvalue weighted by molar-refractivity contribution is -0.111. The Balaban J connectivity index is 1.88. The van der Waals surface area contributed by atoms with Gasteiger partial charge in [-0.05, 0) is 60.5 Å². The number of carbonyl (C=O) groups excluding carboxylic acids is 1. The van der Waals surface area contributed by atoms with Crippen molar-refractivity contribution < 1.29 is 13.9 Å². The predicted octanol–water partition coefficient (Wildman–Crippen LogP) is 4.44. The molecule has 0 saturated heterocycles. The summed E-state index contributed by atoms with van der Waals surface area (Å²) in [6.45, 7) is 3.95. The van der Waals surface area contributed by atoms with E-state index < -0.39 is 5.60 Å². The highest BCUT2D eigenvalue weighted by Crippen LogP contribution is 2.44. The van der Waals surface area contributed by atoms with Gasteiger partial charge in [-0.1, -0.05) is 0 Å². The molecule has 1 amide bonds. The van der Waals surface area contributed by atoms with Gasteiger partial charge in [0, 0.05) is 11.1 Å². The Morgan fingerprint density at radius 2 is 2.09 bits per heavy atom. The fraction of sp³-hybridized carbons (Fsp3) is 0.167. The molecule has 1 aromatic carbocycles. The molecule has 116 valence electrons. The maximum atomic E-state index is 13.4. The van der Waals surface area contributed by atoms with Crippen molar-refractivity contribution in [1.29, 1.82) is 0 Å².